The number of nitrogens with zero attached hydrogens (tertiary/aromatic N) is 1. The van der Waals surface area contributed by atoms with Crippen molar-refractivity contribution >= 4 is 0 Å². The van der Waals surface area contributed by atoms with Crippen LogP contribution in [0.25, 0.3) is 0 Å². The third-order valence-corrected chi connectivity index (χ3v) is 2.85. The van der Waals surface area contributed by atoms with Crippen LogP contribution in [0.5, 0.6) is 0 Å². The molecule has 0 fully saturated rings. The summed E-state index contributed by atoms with van der Waals surface area (Å²) in [5, 5.41) is 9.93. The van der Waals surface area contributed by atoms with E-state index >= 15 is 0 Å². The van der Waals surface area contributed by atoms with Crippen LogP contribution < -0.4 is 0 Å². The Morgan fingerprint density at radius 2 is 1.79 bits per heavy atom. The molecule has 0 spiro atoms. The lowest BCUT2D eigenvalue weighted by molar-refractivity contribution is -0.146. The van der Waals surface area contributed by atoms with Gasteiger partial charge in [0.25, 0.3) is 0 Å². The number of benzene rings is 1. The second kappa shape index (κ2) is 7.50. The normalized spacial score (nSPS) is 13.8. The number of halogens is 3. The van der Waals surface area contributed by atoms with E-state index in [9.17, 15) is 18.3 Å². The quantitative estimate of drug-likeness (QED) is 0.824. The molecular weight excluding hydrogens is 255 g/mol. The molecule has 0 saturated heterocycles. The fourth-order valence-electron chi connectivity index (χ4n) is 1.99. The molecule has 1 N–H and O–H groups in total. The van der Waals surface area contributed by atoms with Crippen LogP contribution in [0.4, 0.5) is 13.2 Å². The molecule has 1 aromatic carbocycles. The van der Waals surface area contributed by atoms with Crippen LogP contribution in [0, 0.1) is 0 Å². The third-order valence-electron chi connectivity index (χ3n) is 2.85. The van der Waals surface area contributed by atoms with Crippen LogP contribution in [0.3, 0.4) is 0 Å². The minimum Gasteiger partial charge on any atom is -0.388 e. The average molecular weight is 275 g/mol. The number of aliphatic hydroxyl groups excluding tert-OH is 1. The molecule has 5 heteroatoms. The topological polar surface area (TPSA) is 23.5 Å². The Labute approximate surface area is 111 Å². The van der Waals surface area contributed by atoms with Gasteiger partial charge >= 0.3 is 6.18 Å². The van der Waals surface area contributed by atoms with Crippen molar-refractivity contribution in [2.24, 2.45) is 0 Å². The Hall–Kier alpha value is -1.07. The van der Waals surface area contributed by atoms with E-state index in [0.717, 1.165) is 5.56 Å². The lowest BCUT2D eigenvalue weighted by Gasteiger charge is -2.24. The first-order chi connectivity index (χ1) is 8.92. The first-order valence-electron chi connectivity index (χ1n) is 6.44. The molecule has 1 rings (SSSR count). The molecule has 0 radical (unpaired) electrons. The summed E-state index contributed by atoms with van der Waals surface area (Å²) in [6, 6.07) is 9.00. The highest BCUT2D eigenvalue weighted by Gasteiger charge is 2.30. The van der Waals surface area contributed by atoms with Crippen LogP contribution in [-0.2, 0) is 0 Å². The fourth-order valence-corrected chi connectivity index (χ4v) is 1.99. The van der Waals surface area contributed by atoms with Gasteiger partial charge in [-0.05, 0) is 24.9 Å². The van der Waals surface area contributed by atoms with Crippen molar-refractivity contribution in [3.8, 4) is 0 Å². The van der Waals surface area contributed by atoms with E-state index in [0.29, 0.717) is 19.4 Å². The number of hydrogen-bond acceptors (Lipinski definition) is 2. The molecule has 0 aromatic heterocycles. The van der Waals surface area contributed by atoms with Gasteiger partial charge in [0.1, 0.15) is 0 Å². The van der Waals surface area contributed by atoms with Crippen LogP contribution in [-0.4, -0.2) is 35.8 Å². The van der Waals surface area contributed by atoms with Crippen molar-refractivity contribution in [3.05, 3.63) is 35.9 Å². The summed E-state index contributed by atoms with van der Waals surface area (Å²) in [6.45, 7) is 1.56. The van der Waals surface area contributed by atoms with Crippen molar-refractivity contribution in [2.75, 3.05) is 19.6 Å². The molecule has 0 heterocycles. The van der Waals surface area contributed by atoms with Crippen molar-refractivity contribution in [1.29, 1.82) is 0 Å². The molecule has 0 aliphatic heterocycles. The maximum atomic E-state index is 12.4. The maximum absolute atomic E-state index is 12.4. The summed E-state index contributed by atoms with van der Waals surface area (Å²) in [6.07, 6.45) is -3.93. The van der Waals surface area contributed by atoms with Crippen molar-refractivity contribution in [2.45, 2.75) is 32.0 Å². The van der Waals surface area contributed by atoms with Gasteiger partial charge in [0.2, 0.25) is 0 Å². The Bertz CT molecular complexity index is 353. The van der Waals surface area contributed by atoms with Crippen LogP contribution in [0.15, 0.2) is 30.3 Å². The summed E-state index contributed by atoms with van der Waals surface area (Å²) in [4.78, 5) is 1.34. The smallest absolute Gasteiger partial charge is 0.388 e. The zero-order chi connectivity index (χ0) is 14.3. The Morgan fingerprint density at radius 1 is 1.16 bits per heavy atom. The van der Waals surface area contributed by atoms with Gasteiger partial charge in [0.05, 0.1) is 12.6 Å². The summed E-state index contributed by atoms with van der Waals surface area (Å²) in [7, 11) is 0. The summed E-state index contributed by atoms with van der Waals surface area (Å²) < 4.78 is 37.1. The number of aliphatic hydroxyl groups is 1. The zero-order valence-electron chi connectivity index (χ0n) is 11.0. The Kier molecular flexibility index (Phi) is 6.31. The van der Waals surface area contributed by atoms with Gasteiger partial charge in [-0.15, -0.1) is 0 Å². The molecule has 1 atom stereocenters. The standard InChI is InChI=1S/C14H20F3NO/c1-2-9-18(11-14(15,16)17)10-8-13(19)12-6-4-3-5-7-12/h3-7,13,19H,2,8-11H2,1H3. The van der Waals surface area contributed by atoms with Crippen LogP contribution in [0.2, 0.25) is 0 Å². The summed E-state index contributed by atoms with van der Waals surface area (Å²) in [5.41, 5.74) is 0.742. The van der Waals surface area contributed by atoms with E-state index in [2.05, 4.69) is 0 Å². The van der Waals surface area contributed by atoms with E-state index in [4.69, 9.17) is 0 Å². The van der Waals surface area contributed by atoms with Crippen molar-refractivity contribution in [1.82, 2.24) is 4.90 Å². The Morgan fingerprint density at radius 3 is 2.32 bits per heavy atom. The summed E-state index contributed by atoms with van der Waals surface area (Å²) in [5.74, 6) is 0. The first-order valence-corrected chi connectivity index (χ1v) is 6.44. The van der Waals surface area contributed by atoms with Gasteiger partial charge in [0.15, 0.2) is 0 Å². The lowest BCUT2D eigenvalue weighted by atomic mass is 10.1. The van der Waals surface area contributed by atoms with Gasteiger partial charge < -0.3 is 5.11 Å². The SMILES string of the molecule is CCCN(CCC(O)c1ccccc1)CC(F)(F)F. The third kappa shape index (κ3) is 6.59. The van der Waals surface area contributed by atoms with Gasteiger partial charge in [-0.3, -0.25) is 4.90 Å². The van der Waals surface area contributed by atoms with E-state index < -0.39 is 18.8 Å². The van der Waals surface area contributed by atoms with Crippen molar-refractivity contribution < 1.29 is 18.3 Å². The molecule has 19 heavy (non-hydrogen) atoms. The molecule has 0 saturated carbocycles. The first kappa shape index (κ1) is 16.0. The second-order valence-electron chi connectivity index (χ2n) is 4.61. The second-order valence-corrected chi connectivity index (χ2v) is 4.61. The summed E-state index contributed by atoms with van der Waals surface area (Å²) >= 11 is 0. The van der Waals surface area contributed by atoms with Gasteiger partial charge in [-0.25, -0.2) is 0 Å². The van der Waals surface area contributed by atoms with Crippen LogP contribution >= 0.6 is 0 Å². The van der Waals surface area contributed by atoms with E-state index in [-0.39, 0.29) is 6.54 Å². The molecule has 0 aliphatic rings. The lowest BCUT2D eigenvalue weighted by Crippen LogP contribution is -2.36. The van der Waals surface area contributed by atoms with Crippen LogP contribution in [0.1, 0.15) is 31.4 Å². The van der Waals surface area contributed by atoms with E-state index in [1.54, 1.807) is 24.3 Å². The van der Waals surface area contributed by atoms with Gasteiger partial charge in [0, 0.05) is 6.54 Å². The number of hydrogen-bond donors (Lipinski definition) is 1. The zero-order valence-corrected chi connectivity index (χ0v) is 11.0. The van der Waals surface area contributed by atoms with E-state index in [1.165, 1.54) is 4.90 Å². The van der Waals surface area contributed by atoms with Crippen molar-refractivity contribution in [3.63, 3.8) is 0 Å². The Balaban J connectivity index is 2.47. The molecule has 0 bridgehead atoms. The molecule has 0 amide bonds. The fraction of sp³-hybridized carbons (Fsp3) is 0.571. The number of alkyl halides is 3. The maximum Gasteiger partial charge on any atom is 0.401 e. The molecule has 108 valence electrons. The molecule has 1 unspecified atom stereocenters. The minimum absolute atomic E-state index is 0.239. The van der Waals surface area contributed by atoms with Gasteiger partial charge in [-0.1, -0.05) is 37.3 Å². The minimum atomic E-state index is -4.19. The highest BCUT2D eigenvalue weighted by Crippen LogP contribution is 2.20. The predicted molar refractivity (Wildman–Crippen MR) is 68.8 cm³/mol. The van der Waals surface area contributed by atoms with Gasteiger partial charge in [-0.2, -0.15) is 13.2 Å². The molecule has 1 aromatic rings. The predicted octanol–water partition coefficient (Wildman–Crippen LogP) is 3.38. The molecular formula is C14H20F3NO. The highest BCUT2D eigenvalue weighted by atomic mass is 19.4. The molecule has 2 nitrogen and oxygen atoms in total. The average Bonchev–Trinajstić information content (AvgIpc) is 2.35. The van der Waals surface area contributed by atoms with E-state index in [1.807, 2.05) is 13.0 Å². The molecule has 0 aliphatic carbocycles. The monoisotopic (exact) mass is 275 g/mol. The number of rotatable bonds is 7. The largest absolute Gasteiger partial charge is 0.401 e. The highest BCUT2D eigenvalue weighted by molar-refractivity contribution is 5.17.